The summed E-state index contributed by atoms with van der Waals surface area (Å²) in [4.78, 5) is 8.31. The van der Waals surface area contributed by atoms with Crippen molar-refractivity contribution >= 4 is 24.8 Å². The van der Waals surface area contributed by atoms with Crippen LogP contribution in [-0.4, -0.2) is 16.5 Å². The number of hydrogen-bond acceptors (Lipinski definition) is 2. The van der Waals surface area contributed by atoms with Crippen LogP contribution < -0.4 is 5.32 Å². The summed E-state index contributed by atoms with van der Waals surface area (Å²) in [6.07, 6.45) is 7.94. The Hall–Kier alpha value is -0.250. The predicted molar refractivity (Wildman–Crippen MR) is 74.3 cm³/mol. The van der Waals surface area contributed by atoms with E-state index in [0.29, 0.717) is 5.92 Å². The quantitative estimate of drug-likeness (QED) is 0.829. The molecule has 0 amide bonds. The number of H-pyrrole nitrogens is 1. The van der Waals surface area contributed by atoms with Crippen molar-refractivity contribution in [2.45, 2.75) is 51.0 Å². The largest absolute Gasteiger partial charge is 0.344 e. The molecule has 1 aromatic rings. The molecule has 1 aromatic heterocycles. The smallest absolute Gasteiger partial charge is 0.109 e. The summed E-state index contributed by atoms with van der Waals surface area (Å²) in [5, 5.41) is 3.39. The molecule has 0 bridgehead atoms. The number of hydrogen-bond donors (Lipinski definition) is 2. The average molecular weight is 278 g/mol. The van der Waals surface area contributed by atoms with Crippen molar-refractivity contribution in [3.05, 3.63) is 17.2 Å². The first-order valence-electron chi connectivity index (χ1n) is 6.22. The van der Waals surface area contributed by atoms with Crippen molar-refractivity contribution in [2.75, 3.05) is 6.54 Å². The van der Waals surface area contributed by atoms with Crippen molar-refractivity contribution in [1.82, 2.24) is 15.3 Å². The van der Waals surface area contributed by atoms with E-state index >= 15 is 0 Å². The minimum Gasteiger partial charge on any atom is -0.344 e. The Morgan fingerprint density at radius 3 is 2.53 bits per heavy atom. The van der Waals surface area contributed by atoms with E-state index in [2.05, 4.69) is 10.3 Å². The molecule has 17 heavy (non-hydrogen) atoms. The minimum absolute atomic E-state index is 0. The first kappa shape index (κ1) is 14.8. The van der Waals surface area contributed by atoms with E-state index in [1.54, 1.807) is 0 Å². The van der Waals surface area contributed by atoms with E-state index in [-0.39, 0.29) is 24.8 Å². The van der Waals surface area contributed by atoms with Gasteiger partial charge in [-0.2, -0.15) is 0 Å². The lowest BCUT2D eigenvalue weighted by Gasteiger charge is -2.19. The Kier molecular flexibility index (Phi) is 5.77. The van der Waals surface area contributed by atoms with Gasteiger partial charge in [0.1, 0.15) is 5.82 Å². The van der Waals surface area contributed by atoms with Gasteiger partial charge in [0, 0.05) is 25.4 Å². The van der Waals surface area contributed by atoms with Gasteiger partial charge in [-0.25, -0.2) is 4.98 Å². The molecule has 3 nitrogen and oxygen atoms in total. The molecule has 3 rings (SSSR count). The van der Waals surface area contributed by atoms with Crippen LogP contribution in [0.5, 0.6) is 0 Å². The van der Waals surface area contributed by atoms with Crippen LogP contribution in [0.1, 0.15) is 55.2 Å². The van der Waals surface area contributed by atoms with Crippen LogP contribution in [0.25, 0.3) is 0 Å². The summed E-state index contributed by atoms with van der Waals surface area (Å²) in [7, 11) is 0. The number of fused-ring (bicyclic) bond motifs is 1. The zero-order valence-corrected chi connectivity index (χ0v) is 11.6. The fraction of sp³-hybridized carbons (Fsp3) is 0.750. The van der Waals surface area contributed by atoms with Crippen LogP contribution in [0, 0.1) is 0 Å². The summed E-state index contributed by atoms with van der Waals surface area (Å²) in [5.74, 6) is 1.98. The molecular formula is C12H21Cl2N3. The normalized spacial score (nSPS) is 20.0. The molecule has 2 aliphatic rings. The maximum atomic E-state index is 4.78. The van der Waals surface area contributed by atoms with Gasteiger partial charge >= 0.3 is 0 Å². The fourth-order valence-corrected chi connectivity index (χ4v) is 2.81. The highest BCUT2D eigenvalue weighted by Crippen LogP contribution is 2.31. The highest BCUT2D eigenvalue weighted by molar-refractivity contribution is 5.85. The number of rotatable bonds is 1. The van der Waals surface area contributed by atoms with E-state index in [0.717, 1.165) is 19.5 Å². The third-order valence-corrected chi connectivity index (χ3v) is 3.71. The number of aromatic amines is 1. The van der Waals surface area contributed by atoms with Crippen LogP contribution in [0.4, 0.5) is 0 Å². The van der Waals surface area contributed by atoms with Crippen LogP contribution in [0.2, 0.25) is 0 Å². The van der Waals surface area contributed by atoms with Crippen molar-refractivity contribution in [1.29, 1.82) is 0 Å². The molecule has 0 saturated heterocycles. The lowest BCUT2D eigenvalue weighted by atomic mass is 9.89. The van der Waals surface area contributed by atoms with Crippen LogP contribution in [-0.2, 0) is 13.0 Å². The van der Waals surface area contributed by atoms with Gasteiger partial charge in [-0.1, -0.05) is 19.3 Å². The minimum atomic E-state index is 0. The molecule has 0 aromatic carbocycles. The number of nitrogens with one attached hydrogen (secondary N) is 2. The lowest BCUT2D eigenvalue weighted by molar-refractivity contribution is 0.430. The summed E-state index contributed by atoms with van der Waals surface area (Å²) in [6, 6.07) is 0. The molecular weight excluding hydrogens is 257 g/mol. The van der Waals surface area contributed by atoms with E-state index in [4.69, 9.17) is 4.98 Å². The molecule has 0 radical (unpaired) electrons. The molecule has 1 aliphatic carbocycles. The van der Waals surface area contributed by atoms with E-state index < -0.39 is 0 Å². The van der Waals surface area contributed by atoms with E-state index in [9.17, 15) is 0 Å². The van der Waals surface area contributed by atoms with Crippen LogP contribution in [0.15, 0.2) is 0 Å². The monoisotopic (exact) mass is 277 g/mol. The first-order valence-corrected chi connectivity index (χ1v) is 6.22. The molecule has 0 unspecified atom stereocenters. The summed E-state index contributed by atoms with van der Waals surface area (Å²) < 4.78 is 0. The molecule has 1 aliphatic heterocycles. The highest BCUT2D eigenvalue weighted by Gasteiger charge is 2.21. The third-order valence-electron chi connectivity index (χ3n) is 3.71. The number of aromatic nitrogens is 2. The number of imidazole rings is 1. The topological polar surface area (TPSA) is 40.7 Å². The Morgan fingerprint density at radius 2 is 1.82 bits per heavy atom. The van der Waals surface area contributed by atoms with Gasteiger partial charge in [0.2, 0.25) is 0 Å². The van der Waals surface area contributed by atoms with Crippen molar-refractivity contribution in [3.63, 3.8) is 0 Å². The summed E-state index contributed by atoms with van der Waals surface area (Å²) in [6.45, 7) is 2.07. The third kappa shape index (κ3) is 3.15. The fourth-order valence-electron chi connectivity index (χ4n) is 2.81. The second kappa shape index (κ2) is 6.62. The first-order chi connectivity index (χ1) is 7.43. The Balaban J connectivity index is 0.000000722. The molecule has 5 heteroatoms. The lowest BCUT2D eigenvalue weighted by Crippen LogP contribution is -2.23. The van der Waals surface area contributed by atoms with Gasteiger partial charge < -0.3 is 10.3 Å². The Bertz CT molecular complexity index is 322. The summed E-state index contributed by atoms with van der Waals surface area (Å²) in [5.41, 5.74) is 2.65. The molecule has 1 fully saturated rings. The van der Waals surface area contributed by atoms with Gasteiger partial charge in [0.15, 0.2) is 0 Å². The molecule has 2 heterocycles. The standard InChI is InChI=1S/C12H19N3.2ClH/c1-2-4-9(5-3-1)12-14-10-6-7-13-8-11(10)15-12;;/h9,13H,1-8H2,(H,14,15);2*1H. The van der Waals surface area contributed by atoms with Gasteiger partial charge in [-0.3, -0.25) is 0 Å². The second-order valence-corrected chi connectivity index (χ2v) is 4.81. The molecule has 2 N–H and O–H groups in total. The SMILES string of the molecule is C1CCC(c2nc3c([nH]2)CNCC3)CC1.Cl.Cl. The molecule has 1 saturated carbocycles. The van der Waals surface area contributed by atoms with Gasteiger partial charge in [-0.15, -0.1) is 24.8 Å². The molecule has 0 atom stereocenters. The van der Waals surface area contributed by atoms with Crippen molar-refractivity contribution < 1.29 is 0 Å². The van der Waals surface area contributed by atoms with Gasteiger partial charge in [0.25, 0.3) is 0 Å². The van der Waals surface area contributed by atoms with Crippen LogP contribution in [0.3, 0.4) is 0 Å². The van der Waals surface area contributed by atoms with E-state index in [1.807, 2.05) is 0 Å². The van der Waals surface area contributed by atoms with Crippen LogP contribution >= 0.6 is 24.8 Å². The zero-order valence-electron chi connectivity index (χ0n) is 10.00. The molecule has 98 valence electrons. The highest BCUT2D eigenvalue weighted by atomic mass is 35.5. The number of halogens is 2. The predicted octanol–water partition coefficient (Wildman–Crippen LogP) is 2.95. The second-order valence-electron chi connectivity index (χ2n) is 4.81. The Morgan fingerprint density at radius 1 is 1.06 bits per heavy atom. The van der Waals surface area contributed by atoms with Crippen molar-refractivity contribution in [2.24, 2.45) is 0 Å². The van der Waals surface area contributed by atoms with E-state index in [1.165, 1.54) is 49.3 Å². The summed E-state index contributed by atoms with van der Waals surface area (Å²) >= 11 is 0. The average Bonchev–Trinajstić information content (AvgIpc) is 2.74. The van der Waals surface area contributed by atoms with Gasteiger partial charge in [0.05, 0.1) is 11.4 Å². The maximum Gasteiger partial charge on any atom is 0.109 e. The molecule has 0 spiro atoms. The maximum absolute atomic E-state index is 4.78. The number of nitrogens with zero attached hydrogens (tertiary/aromatic N) is 1. The zero-order chi connectivity index (χ0) is 10.1. The van der Waals surface area contributed by atoms with Crippen molar-refractivity contribution in [3.8, 4) is 0 Å². The van der Waals surface area contributed by atoms with Gasteiger partial charge in [-0.05, 0) is 12.8 Å². The Labute approximate surface area is 115 Å².